The molecule has 1 aliphatic carbocycles. The van der Waals surface area contributed by atoms with E-state index >= 15 is 0 Å². The summed E-state index contributed by atoms with van der Waals surface area (Å²) >= 11 is 0. The third-order valence-corrected chi connectivity index (χ3v) is 9.22. The smallest absolute Gasteiger partial charge is 0.417 e. The summed E-state index contributed by atoms with van der Waals surface area (Å²) in [6.45, 7) is 1.36. The molecule has 1 heterocycles. The summed E-state index contributed by atoms with van der Waals surface area (Å²) < 4.78 is 81.4. The average Bonchev–Trinajstić information content (AvgIpc) is 3.63. The molecule has 232 valence electrons. The molecule has 4 N–H and O–H groups in total. The highest BCUT2D eigenvalue weighted by Crippen LogP contribution is 2.51. The van der Waals surface area contributed by atoms with Gasteiger partial charge in [0.25, 0.3) is 0 Å². The number of sulfonamides is 1. The molecule has 5 rings (SSSR count). The number of ether oxygens (including phenoxy) is 2. The highest BCUT2D eigenvalue weighted by Gasteiger charge is 2.51. The number of aliphatic hydroxyl groups excluding tert-OH is 2. The second-order valence-electron chi connectivity index (χ2n) is 10.8. The summed E-state index contributed by atoms with van der Waals surface area (Å²) in [6.07, 6.45) is -3.75. The average molecular weight is 615 g/mol. The topological polar surface area (TPSA) is 134 Å². The van der Waals surface area contributed by atoms with E-state index in [0.29, 0.717) is 36.0 Å². The number of hydrogen-bond donors (Lipinski definition) is 4. The van der Waals surface area contributed by atoms with Crippen molar-refractivity contribution in [3.63, 3.8) is 0 Å². The number of amides is 1. The summed E-state index contributed by atoms with van der Waals surface area (Å²) in [5, 5.41) is 21.7. The van der Waals surface area contributed by atoms with Crippen LogP contribution < -0.4 is 19.5 Å². The van der Waals surface area contributed by atoms with Gasteiger partial charge in [-0.2, -0.15) is 13.2 Å². The van der Waals surface area contributed by atoms with Crippen LogP contribution >= 0.6 is 0 Å². The number of carbonyl (C=O) groups excluding carboxylic acids is 1. The van der Waals surface area contributed by atoms with E-state index in [1.165, 1.54) is 13.0 Å². The fraction of sp³-hybridized carbons (Fsp3) is 0.345. The zero-order chi connectivity index (χ0) is 30.5. The Balaban J connectivity index is 0.00000264. The minimum absolute atomic E-state index is 0. The van der Waals surface area contributed by atoms with Crippen LogP contribution in [0.4, 0.5) is 18.9 Å². The number of benzene rings is 3. The zero-order valence-electron chi connectivity index (χ0n) is 22.7. The van der Waals surface area contributed by atoms with Crippen LogP contribution in [0.5, 0.6) is 11.5 Å². The monoisotopic (exact) mass is 614 g/mol. The van der Waals surface area contributed by atoms with E-state index < -0.39 is 50.8 Å². The van der Waals surface area contributed by atoms with E-state index in [2.05, 4.69) is 10.0 Å². The number of carbonyl (C=O) groups is 1. The second-order valence-corrected chi connectivity index (χ2v) is 12.5. The zero-order valence-corrected chi connectivity index (χ0v) is 23.5. The Morgan fingerprint density at radius 3 is 2.31 bits per heavy atom. The Bertz CT molecular complexity index is 1670. The van der Waals surface area contributed by atoms with Gasteiger partial charge in [0.05, 0.1) is 34.6 Å². The molecular weight excluding hydrogens is 577 g/mol. The number of anilines is 1. The Morgan fingerprint density at radius 1 is 0.976 bits per heavy atom. The van der Waals surface area contributed by atoms with Crippen LogP contribution in [0.3, 0.4) is 0 Å². The molecule has 3 aromatic rings. The van der Waals surface area contributed by atoms with Crippen molar-refractivity contribution in [3.8, 4) is 22.6 Å². The van der Waals surface area contributed by atoms with Crippen molar-refractivity contribution in [3.05, 3.63) is 71.3 Å². The lowest BCUT2D eigenvalue weighted by atomic mass is 9.93. The van der Waals surface area contributed by atoms with Crippen LogP contribution in [0.1, 0.15) is 42.2 Å². The lowest BCUT2D eigenvalue weighted by Gasteiger charge is -2.26. The number of aryl methyl sites for hydroxylation is 1. The molecule has 0 bridgehead atoms. The van der Waals surface area contributed by atoms with Gasteiger partial charge in [-0.3, -0.25) is 4.79 Å². The summed E-state index contributed by atoms with van der Waals surface area (Å²) in [5.74, 6) is 0.821. The molecule has 1 fully saturated rings. The van der Waals surface area contributed by atoms with Gasteiger partial charge >= 0.3 is 6.18 Å². The second kappa shape index (κ2) is 10.6. The van der Waals surface area contributed by atoms with Gasteiger partial charge < -0.3 is 25.0 Å². The van der Waals surface area contributed by atoms with Crippen LogP contribution in [0, 0.1) is 6.92 Å². The van der Waals surface area contributed by atoms with E-state index in [1.807, 2.05) is 0 Å². The Kier molecular flexibility index (Phi) is 7.50. The van der Waals surface area contributed by atoms with Crippen LogP contribution in [0.2, 0.25) is 0 Å². The highest BCUT2D eigenvalue weighted by atomic mass is 32.2. The number of hydrogen-bond acceptors (Lipinski definition) is 7. The number of nitrogens with one attached hydrogen (secondary N) is 2. The molecule has 0 spiro atoms. The summed E-state index contributed by atoms with van der Waals surface area (Å²) in [4.78, 5) is 12.7. The first kappa shape index (κ1) is 29.8. The molecule has 3 aromatic carbocycles. The molecule has 0 atom stereocenters. The van der Waals surface area contributed by atoms with Crippen molar-refractivity contribution >= 4 is 21.6 Å². The van der Waals surface area contributed by atoms with Gasteiger partial charge in [0.1, 0.15) is 0 Å². The number of halogens is 3. The van der Waals surface area contributed by atoms with Crippen molar-refractivity contribution in [1.29, 1.82) is 0 Å². The normalized spacial score (nSPS) is 15.9. The van der Waals surface area contributed by atoms with Crippen LogP contribution in [0.25, 0.3) is 11.1 Å². The summed E-state index contributed by atoms with van der Waals surface area (Å²) in [6, 6.07) is 12.5. The van der Waals surface area contributed by atoms with Crippen molar-refractivity contribution in [2.24, 2.45) is 0 Å². The number of aliphatic hydroxyl groups is 2. The van der Waals surface area contributed by atoms with E-state index in [0.717, 1.165) is 17.7 Å². The SMILES string of the molecule is Cc1ccc(NC(=O)C2(c3ccc4c(c3)OCO4)CC2)cc1-c1ccc(S(=O)(=O)NC(C)(CO)CO)cc1C(F)(F)F.[HH].[HH].[HH].[HH]. The molecule has 13 heteroatoms. The summed E-state index contributed by atoms with van der Waals surface area (Å²) in [5.41, 5.74) is -2.31. The third kappa shape index (κ3) is 5.56. The van der Waals surface area contributed by atoms with Crippen LogP contribution in [-0.2, 0) is 26.4 Å². The predicted octanol–water partition coefficient (Wildman–Crippen LogP) is 5.09. The fourth-order valence-electron chi connectivity index (χ4n) is 4.86. The van der Waals surface area contributed by atoms with Crippen LogP contribution in [-0.4, -0.2) is 50.1 Å². The standard InChI is InChI=1S/C29H29F3N2O7S.4H2/c1-17-3-5-19(33-26(37)28(9-10-28)18-4-8-24-25(11-18)41-16-40-24)12-22(17)21-7-6-20(13-23(21)29(30,31)32)42(38,39)34-27(2,14-35)15-36;;;;/h3-8,11-13,34-36H,9-10,14-16H2,1-2H3,(H,33,37);4*1H. The molecule has 0 aromatic heterocycles. The first-order valence-corrected chi connectivity index (χ1v) is 14.5. The Morgan fingerprint density at radius 2 is 1.67 bits per heavy atom. The van der Waals surface area contributed by atoms with E-state index in [-0.39, 0.29) is 35.2 Å². The van der Waals surface area contributed by atoms with Gasteiger partial charge in [-0.15, -0.1) is 0 Å². The molecule has 1 amide bonds. The van der Waals surface area contributed by atoms with Gasteiger partial charge in [-0.25, -0.2) is 13.1 Å². The molecular formula is C29H37F3N2O7S. The molecule has 0 radical (unpaired) electrons. The van der Waals surface area contributed by atoms with Crippen molar-refractivity contribution < 1.29 is 51.8 Å². The maximum absolute atomic E-state index is 14.3. The molecule has 9 nitrogen and oxygen atoms in total. The minimum atomic E-state index is -4.93. The molecule has 2 aliphatic rings. The van der Waals surface area contributed by atoms with Gasteiger partial charge in [-0.05, 0) is 85.3 Å². The van der Waals surface area contributed by atoms with Crippen molar-refractivity contribution in [2.45, 2.75) is 48.7 Å². The quantitative estimate of drug-likeness (QED) is 0.264. The first-order valence-electron chi connectivity index (χ1n) is 13.0. The largest absolute Gasteiger partial charge is 0.454 e. The number of alkyl halides is 3. The van der Waals surface area contributed by atoms with Crippen LogP contribution in [0.15, 0.2) is 59.5 Å². The molecule has 0 saturated heterocycles. The maximum Gasteiger partial charge on any atom is 0.417 e. The third-order valence-electron chi connectivity index (χ3n) is 7.58. The van der Waals surface area contributed by atoms with E-state index in [1.54, 1.807) is 37.3 Å². The van der Waals surface area contributed by atoms with E-state index in [4.69, 9.17) is 9.47 Å². The molecule has 42 heavy (non-hydrogen) atoms. The van der Waals surface area contributed by atoms with Gasteiger partial charge in [0, 0.05) is 11.4 Å². The van der Waals surface area contributed by atoms with Crippen molar-refractivity contribution in [1.82, 2.24) is 4.72 Å². The first-order chi connectivity index (χ1) is 19.7. The predicted molar refractivity (Wildman–Crippen MR) is 155 cm³/mol. The Hall–Kier alpha value is -3.65. The minimum Gasteiger partial charge on any atom is -0.454 e. The molecule has 1 saturated carbocycles. The Labute approximate surface area is 246 Å². The molecule has 0 unspecified atom stereocenters. The molecule has 1 aliphatic heterocycles. The number of fused-ring (bicyclic) bond motifs is 1. The van der Waals surface area contributed by atoms with Gasteiger partial charge in [0.2, 0.25) is 22.7 Å². The van der Waals surface area contributed by atoms with E-state index in [9.17, 15) is 36.6 Å². The highest BCUT2D eigenvalue weighted by molar-refractivity contribution is 7.89. The lowest BCUT2D eigenvalue weighted by molar-refractivity contribution is -0.137. The lowest BCUT2D eigenvalue weighted by Crippen LogP contribution is -2.51. The van der Waals surface area contributed by atoms with Gasteiger partial charge in [-0.1, -0.05) is 18.2 Å². The summed E-state index contributed by atoms with van der Waals surface area (Å²) in [7, 11) is -4.54. The van der Waals surface area contributed by atoms with Crippen molar-refractivity contribution in [2.75, 3.05) is 25.3 Å². The van der Waals surface area contributed by atoms with Gasteiger partial charge in [0.15, 0.2) is 11.5 Å². The maximum atomic E-state index is 14.3. The number of rotatable bonds is 9. The fourth-order valence-corrected chi connectivity index (χ4v) is 6.28.